The molecular weight excluding hydrogens is 252 g/mol. The van der Waals surface area contributed by atoms with E-state index >= 15 is 0 Å². The summed E-state index contributed by atoms with van der Waals surface area (Å²) in [5.74, 6) is 8.02. The number of ether oxygens (including phenoxy) is 1. The van der Waals surface area contributed by atoms with Crippen LogP contribution in [-0.4, -0.2) is 16.2 Å². The lowest BCUT2D eigenvalue weighted by Crippen LogP contribution is -2.40. The number of para-hydroxylation sites is 1. The zero-order chi connectivity index (χ0) is 13.9. The molecule has 0 amide bonds. The third-order valence-electron chi connectivity index (χ3n) is 3.93. The lowest BCUT2D eigenvalue weighted by molar-refractivity contribution is 0.179. The highest BCUT2D eigenvalue weighted by Gasteiger charge is 2.30. The number of imidazole rings is 1. The van der Waals surface area contributed by atoms with Gasteiger partial charge < -0.3 is 9.30 Å². The van der Waals surface area contributed by atoms with Crippen LogP contribution in [0.4, 0.5) is 0 Å². The van der Waals surface area contributed by atoms with Crippen molar-refractivity contribution in [2.45, 2.75) is 25.9 Å². The maximum absolute atomic E-state index is 5.86. The van der Waals surface area contributed by atoms with E-state index in [0.717, 1.165) is 24.5 Å². The summed E-state index contributed by atoms with van der Waals surface area (Å²) in [6, 6.07) is 8.17. The van der Waals surface area contributed by atoms with E-state index < -0.39 is 0 Å². The van der Waals surface area contributed by atoms with E-state index in [9.17, 15) is 0 Å². The summed E-state index contributed by atoms with van der Waals surface area (Å²) in [4.78, 5) is 4.45. The molecule has 2 aromatic rings. The molecule has 0 spiro atoms. The van der Waals surface area contributed by atoms with E-state index in [-0.39, 0.29) is 12.0 Å². The first-order chi connectivity index (χ1) is 9.83. The standard InChI is InChI=1S/C15H20N4O/c1-2-19-8-7-17-15(19)14(18-16)12-9-11-5-3-4-6-13(11)20-10-12/h3-8,12,14,18H,2,9-10,16H2,1H3. The molecule has 0 saturated heterocycles. The maximum Gasteiger partial charge on any atom is 0.127 e. The van der Waals surface area contributed by atoms with Crippen molar-refractivity contribution in [1.29, 1.82) is 0 Å². The molecule has 106 valence electrons. The number of nitrogens with one attached hydrogen (secondary N) is 1. The predicted octanol–water partition coefficient (Wildman–Crippen LogP) is 1.66. The van der Waals surface area contributed by atoms with Gasteiger partial charge in [-0.15, -0.1) is 0 Å². The highest BCUT2D eigenvalue weighted by atomic mass is 16.5. The van der Waals surface area contributed by atoms with Gasteiger partial charge in [0, 0.05) is 24.9 Å². The van der Waals surface area contributed by atoms with Crippen molar-refractivity contribution in [1.82, 2.24) is 15.0 Å². The Hall–Kier alpha value is -1.85. The summed E-state index contributed by atoms with van der Waals surface area (Å²) in [6.45, 7) is 3.64. The molecule has 0 bridgehead atoms. The molecule has 5 nitrogen and oxygen atoms in total. The number of benzene rings is 1. The van der Waals surface area contributed by atoms with Crippen molar-refractivity contribution >= 4 is 0 Å². The van der Waals surface area contributed by atoms with Crippen molar-refractivity contribution in [3.63, 3.8) is 0 Å². The highest BCUT2D eigenvalue weighted by molar-refractivity contribution is 5.35. The van der Waals surface area contributed by atoms with E-state index in [1.807, 2.05) is 30.6 Å². The van der Waals surface area contributed by atoms with Crippen molar-refractivity contribution in [3.05, 3.63) is 48.0 Å². The number of aryl methyl sites for hydroxylation is 1. The molecule has 0 aliphatic carbocycles. The molecule has 1 aliphatic heterocycles. The first-order valence-electron chi connectivity index (χ1n) is 7.01. The minimum Gasteiger partial charge on any atom is -0.493 e. The fourth-order valence-electron chi connectivity index (χ4n) is 2.85. The van der Waals surface area contributed by atoms with Gasteiger partial charge in [0.1, 0.15) is 11.6 Å². The van der Waals surface area contributed by atoms with Crippen LogP contribution in [0.1, 0.15) is 24.4 Å². The first-order valence-corrected chi connectivity index (χ1v) is 7.01. The van der Waals surface area contributed by atoms with Crippen LogP contribution in [0.2, 0.25) is 0 Å². The molecule has 1 aliphatic rings. The van der Waals surface area contributed by atoms with Gasteiger partial charge in [-0.1, -0.05) is 18.2 Å². The summed E-state index contributed by atoms with van der Waals surface area (Å²) in [6.07, 6.45) is 4.75. The fraction of sp³-hybridized carbons (Fsp3) is 0.400. The first kappa shape index (κ1) is 13.1. The Balaban J connectivity index is 1.85. The lowest BCUT2D eigenvalue weighted by Gasteiger charge is -2.31. The van der Waals surface area contributed by atoms with Crippen LogP contribution >= 0.6 is 0 Å². The minimum absolute atomic E-state index is 0.00157. The van der Waals surface area contributed by atoms with Gasteiger partial charge in [0.05, 0.1) is 12.6 Å². The molecule has 1 aromatic heterocycles. The number of nitrogens with two attached hydrogens (primary N) is 1. The predicted molar refractivity (Wildman–Crippen MR) is 77.1 cm³/mol. The average Bonchev–Trinajstić information content (AvgIpc) is 2.96. The van der Waals surface area contributed by atoms with Crippen molar-refractivity contribution in [2.75, 3.05) is 6.61 Å². The molecular formula is C15H20N4O. The van der Waals surface area contributed by atoms with Gasteiger partial charge in [-0.2, -0.15) is 0 Å². The highest BCUT2D eigenvalue weighted by Crippen LogP contribution is 2.32. The summed E-state index contributed by atoms with van der Waals surface area (Å²) in [7, 11) is 0. The Morgan fingerprint density at radius 2 is 2.35 bits per heavy atom. The Kier molecular flexibility index (Phi) is 3.71. The topological polar surface area (TPSA) is 65.1 Å². The van der Waals surface area contributed by atoms with E-state index in [1.54, 1.807) is 0 Å². The summed E-state index contributed by atoms with van der Waals surface area (Å²) >= 11 is 0. The lowest BCUT2D eigenvalue weighted by atomic mass is 9.90. The van der Waals surface area contributed by atoms with Crippen molar-refractivity contribution in [2.24, 2.45) is 11.8 Å². The molecule has 0 fully saturated rings. The average molecular weight is 272 g/mol. The van der Waals surface area contributed by atoms with Crippen molar-refractivity contribution in [3.8, 4) is 5.75 Å². The zero-order valence-electron chi connectivity index (χ0n) is 11.6. The Labute approximate surface area is 118 Å². The quantitative estimate of drug-likeness (QED) is 0.656. The number of nitrogens with zero attached hydrogens (tertiary/aromatic N) is 2. The third-order valence-corrected chi connectivity index (χ3v) is 3.93. The van der Waals surface area contributed by atoms with E-state index in [0.29, 0.717) is 6.61 Å². The Bertz CT molecular complexity index is 581. The number of rotatable bonds is 4. The Morgan fingerprint density at radius 3 is 3.15 bits per heavy atom. The zero-order valence-corrected chi connectivity index (χ0v) is 11.6. The fourth-order valence-corrected chi connectivity index (χ4v) is 2.85. The van der Waals surface area contributed by atoms with Crippen LogP contribution in [0.15, 0.2) is 36.7 Å². The molecule has 0 saturated carbocycles. The second-order valence-electron chi connectivity index (χ2n) is 5.10. The smallest absolute Gasteiger partial charge is 0.127 e. The van der Waals surface area contributed by atoms with Gasteiger partial charge in [-0.05, 0) is 25.0 Å². The molecule has 0 radical (unpaired) electrons. The number of hydrazine groups is 1. The molecule has 2 heterocycles. The van der Waals surface area contributed by atoms with Gasteiger partial charge in [0.2, 0.25) is 0 Å². The second kappa shape index (κ2) is 5.64. The van der Waals surface area contributed by atoms with Crippen LogP contribution in [0.3, 0.4) is 0 Å². The monoisotopic (exact) mass is 272 g/mol. The molecule has 3 N–H and O–H groups in total. The largest absolute Gasteiger partial charge is 0.493 e. The van der Waals surface area contributed by atoms with E-state index in [4.69, 9.17) is 10.6 Å². The van der Waals surface area contributed by atoms with E-state index in [2.05, 4.69) is 28.0 Å². The van der Waals surface area contributed by atoms with Crippen LogP contribution < -0.4 is 16.0 Å². The molecule has 5 heteroatoms. The number of hydrogen-bond acceptors (Lipinski definition) is 4. The van der Waals surface area contributed by atoms with Gasteiger partial charge in [0.15, 0.2) is 0 Å². The summed E-state index contributed by atoms with van der Waals surface area (Å²) in [5.41, 5.74) is 4.15. The molecule has 1 aromatic carbocycles. The summed E-state index contributed by atoms with van der Waals surface area (Å²) in [5, 5.41) is 0. The molecule has 20 heavy (non-hydrogen) atoms. The molecule has 3 rings (SSSR count). The van der Waals surface area contributed by atoms with Gasteiger partial charge >= 0.3 is 0 Å². The number of fused-ring (bicyclic) bond motifs is 1. The third kappa shape index (κ3) is 2.30. The van der Waals surface area contributed by atoms with Crippen molar-refractivity contribution < 1.29 is 4.74 Å². The maximum atomic E-state index is 5.86. The normalized spacial score (nSPS) is 19.2. The van der Waals surface area contributed by atoms with Crippen LogP contribution in [0.5, 0.6) is 5.75 Å². The number of hydrogen-bond donors (Lipinski definition) is 2. The van der Waals surface area contributed by atoms with Crippen LogP contribution in [-0.2, 0) is 13.0 Å². The van der Waals surface area contributed by atoms with E-state index in [1.165, 1.54) is 5.56 Å². The molecule has 2 atom stereocenters. The number of aromatic nitrogens is 2. The van der Waals surface area contributed by atoms with Crippen LogP contribution in [0.25, 0.3) is 0 Å². The second-order valence-corrected chi connectivity index (χ2v) is 5.10. The van der Waals surface area contributed by atoms with Gasteiger partial charge in [-0.25, -0.2) is 10.4 Å². The van der Waals surface area contributed by atoms with Crippen LogP contribution in [0, 0.1) is 5.92 Å². The SMILES string of the molecule is CCn1ccnc1C(NN)C1COc2ccccc2C1. The molecule has 2 unspecified atom stereocenters. The van der Waals surface area contributed by atoms with Gasteiger partial charge in [-0.3, -0.25) is 5.84 Å². The Morgan fingerprint density at radius 1 is 1.50 bits per heavy atom. The van der Waals surface area contributed by atoms with Gasteiger partial charge in [0.25, 0.3) is 0 Å². The summed E-state index contributed by atoms with van der Waals surface area (Å²) < 4.78 is 7.97. The minimum atomic E-state index is -0.00157.